The average Bonchev–Trinajstić information content (AvgIpc) is 2.76. The minimum atomic E-state index is -0.317. The van der Waals surface area contributed by atoms with E-state index >= 15 is 0 Å². The van der Waals surface area contributed by atoms with Crippen molar-refractivity contribution in [1.29, 1.82) is 0 Å². The van der Waals surface area contributed by atoms with Crippen LogP contribution >= 0.6 is 0 Å². The van der Waals surface area contributed by atoms with Crippen molar-refractivity contribution < 1.29 is 19.1 Å². The predicted molar refractivity (Wildman–Crippen MR) is 108 cm³/mol. The molecule has 9 heteroatoms. The van der Waals surface area contributed by atoms with Crippen LogP contribution in [0.1, 0.15) is 24.3 Å². The van der Waals surface area contributed by atoms with Crippen LogP contribution in [-0.2, 0) is 4.74 Å². The van der Waals surface area contributed by atoms with Crippen molar-refractivity contribution in [3.8, 4) is 5.75 Å². The van der Waals surface area contributed by atoms with E-state index < -0.39 is 0 Å². The van der Waals surface area contributed by atoms with Crippen molar-refractivity contribution in [3.63, 3.8) is 0 Å². The Hall–Kier alpha value is -3.36. The van der Waals surface area contributed by atoms with Gasteiger partial charge in [-0.1, -0.05) is 0 Å². The lowest BCUT2D eigenvalue weighted by atomic mass is 10.3. The molecule has 0 radical (unpaired) electrons. The third kappa shape index (κ3) is 5.34. The molecule has 29 heavy (non-hydrogen) atoms. The molecule has 9 nitrogen and oxygen atoms in total. The largest absolute Gasteiger partial charge is 0.494 e. The van der Waals surface area contributed by atoms with E-state index in [0.717, 1.165) is 5.75 Å². The number of ether oxygens (including phenoxy) is 2. The molecule has 2 heterocycles. The summed E-state index contributed by atoms with van der Waals surface area (Å²) in [6.45, 7) is 6.82. The summed E-state index contributed by atoms with van der Waals surface area (Å²) in [4.78, 5) is 36.6. The van der Waals surface area contributed by atoms with Crippen molar-refractivity contribution in [2.75, 3.05) is 49.6 Å². The third-order valence-corrected chi connectivity index (χ3v) is 4.39. The molecule has 2 amide bonds. The van der Waals surface area contributed by atoms with Crippen molar-refractivity contribution >= 4 is 23.6 Å². The van der Waals surface area contributed by atoms with Crippen LogP contribution in [0.15, 0.2) is 36.5 Å². The quantitative estimate of drug-likeness (QED) is 0.797. The van der Waals surface area contributed by atoms with Gasteiger partial charge in [-0.3, -0.25) is 4.79 Å². The first-order valence-electron chi connectivity index (χ1n) is 9.64. The van der Waals surface area contributed by atoms with Gasteiger partial charge in [-0.05, 0) is 44.2 Å². The maximum Gasteiger partial charge on any atom is 0.409 e. The molecule has 154 valence electrons. The Morgan fingerprint density at radius 3 is 2.41 bits per heavy atom. The van der Waals surface area contributed by atoms with E-state index in [1.807, 2.05) is 11.8 Å². The van der Waals surface area contributed by atoms with Gasteiger partial charge in [-0.2, -0.15) is 0 Å². The van der Waals surface area contributed by atoms with Crippen LogP contribution in [-0.4, -0.2) is 66.3 Å². The van der Waals surface area contributed by atoms with Gasteiger partial charge >= 0.3 is 6.09 Å². The number of carbonyl (C=O) groups is 2. The lowest BCUT2D eigenvalue weighted by Gasteiger charge is -2.34. The number of hydrogen-bond acceptors (Lipinski definition) is 7. The van der Waals surface area contributed by atoms with Gasteiger partial charge in [0.05, 0.1) is 13.2 Å². The second kappa shape index (κ2) is 9.72. The first-order valence-corrected chi connectivity index (χ1v) is 9.64. The molecule has 0 atom stereocenters. The summed E-state index contributed by atoms with van der Waals surface area (Å²) in [6.07, 6.45) is 1.25. The van der Waals surface area contributed by atoms with E-state index in [1.54, 1.807) is 48.4 Å². The van der Waals surface area contributed by atoms with Crippen LogP contribution < -0.4 is 15.0 Å². The summed E-state index contributed by atoms with van der Waals surface area (Å²) in [5.41, 5.74) is 0.929. The summed E-state index contributed by atoms with van der Waals surface area (Å²) in [6, 6.07) is 8.72. The zero-order valence-corrected chi connectivity index (χ0v) is 16.6. The van der Waals surface area contributed by atoms with Gasteiger partial charge in [-0.15, -0.1) is 0 Å². The minimum absolute atomic E-state index is 0.275. The fraction of sp³-hybridized carbons (Fsp3) is 0.400. The first-order chi connectivity index (χ1) is 14.1. The monoisotopic (exact) mass is 399 g/mol. The molecule has 1 N–H and O–H groups in total. The summed E-state index contributed by atoms with van der Waals surface area (Å²) in [5.74, 6) is 0.896. The van der Waals surface area contributed by atoms with Gasteiger partial charge in [0, 0.05) is 38.1 Å². The number of anilines is 2. The summed E-state index contributed by atoms with van der Waals surface area (Å²) in [7, 11) is 0. The Labute approximate surface area is 169 Å². The zero-order chi connectivity index (χ0) is 20.6. The molecule has 3 rings (SSSR count). The van der Waals surface area contributed by atoms with Crippen molar-refractivity contribution in [3.05, 3.63) is 42.2 Å². The fourth-order valence-electron chi connectivity index (χ4n) is 2.93. The molecule has 1 aromatic heterocycles. The highest BCUT2D eigenvalue weighted by atomic mass is 16.6. The number of aromatic nitrogens is 2. The minimum Gasteiger partial charge on any atom is -0.494 e. The van der Waals surface area contributed by atoms with E-state index in [0.29, 0.717) is 51.0 Å². The third-order valence-electron chi connectivity index (χ3n) is 4.39. The van der Waals surface area contributed by atoms with E-state index in [1.165, 1.54) is 0 Å². The number of carbonyl (C=O) groups excluding carboxylic acids is 2. The molecule has 0 saturated carbocycles. The van der Waals surface area contributed by atoms with Crippen LogP contribution in [0.5, 0.6) is 5.75 Å². The normalized spacial score (nSPS) is 13.7. The second-order valence-electron chi connectivity index (χ2n) is 6.33. The highest BCUT2D eigenvalue weighted by molar-refractivity contribution is 6.03. The molecule has 1 saturated heterocycles. The Bertz CT molecular complexity index is 835. The van der Waals surface area contributed by atoms with Crippen LogP contribution in [0.2, 0.25) is 0 Å². The highest BCUT2D eigenvalue weighted by Gasteiger charge is 2.23. The average molecular weight is 399 g/mol. The molecular weight excluding hydrogens is 374 g/mol. The molecule has 2 aromatic rings. The number of amides is 2. The Morgan fingerprint density at radius 2 is 1.76 bits per heavy atom. The Kier molecular flexibility index (Phi) is 6.83. The maximum absolute atomic E-state index is 12.6. The fourth-order valence-corrected chi connectivity index (χ4v) is 2.93. The molecule has 0 bridgehead atoms. The number of rotatable bonds is 6. The Morgan fingerprint density at radius 1 is 1.03 bits per heavy atom. The maximum atomic E-state index is 12.6. The molecule has 1 aliphatic rings. The van der Waals surface area contributed by atoms with Gasteiger partial charge in [0.1, 0.15) is 11.4 Å². The molecule has 0 spiro atoms. The van der Waals surface area contributed by atoms with Gasteiger partial charge in [0.2, 0.25) is 5.95 Å². The van der Waals surface area contributed by atoms with Gasteiger partial charge in [-0.25, -0.2) is 14.8 Å². The molecule has 0 aliphatic carbocycles. The number of piperazine rings is 1. The van der Waals surface area contributed by atoms with E-state index in [2.05, 4.69) is 15.3 Å². The van der Waals surface area contributed by atoms with Gasteiger partial charge < -0.3 is 24.6 Å². The van der Waals surface area contributed by atoms with E-state index in [4.69, 9.17) is 9.47 Å². The summed E-state index contributed by atoms with van der Waals surface area (Å²) < 4.78 is 10.4. The van der Waals surface area contributed by atoms with Crippen LogP contribution in [0.4, 0.5) is 16.4 Å². The molecule has 1 aliphatic heterocycles. The summed E-state index contributed by atoms with van der Waals surface area (Å²) >= 11 is 0. The standard InChI is InChI=1S/C20H25N5O4/c1-3-28-16-7-5-15(6-8-16)22-18(26)17-9-10-21-19(23-17)24-11-13-25(14-12-24)20(27)29-4-2/h5-10H,3-4,11-14H2,1-2H3,(H,22,26). The highest BCUT2D eigenvalue weighted by Crippen LogP contribution is 2.17. The van der Waals surface area contributed by atoms with E-state index in [9.17, 15) is 9.59 Å². The van der Waals surface area contributed by atoms with Gasteiger partial charge in [0.15, 0.2) is 0 Å². The smallest absolute Gasteiger partial charge is 0.409 e. The summed E-state index contributed by atoms with van der Waals surface area (Å²) in [5, 5.41) is 2.82. The molecular formula is C20H25N5O4. The van der Waals surface area contributed by atoms with Crippen LogP contribution in [0.3, 0.4) is 0 Å². The lowest BCUT2D eigenvalue weighted by molar-refractivity contribution is 0.102. The second-order valence-corrected chi connectivity index (χ2v) is 6.33. The topological polar surface area (TPSA) is 96.9 Å². The van der Waals surface area contributed by atoms with E-state index in [-0.39, 0.29) is 17.7 Å². The van der Waals surface area contributed by atoms with Crippen molar-refractivity contribution in [1.82, 2.24) is 14.9 Å². The van der Waals surface area contributed by atoms with Gasteiger partial charge in [0.25, 0.3) is 5.91 Å². The number of nitrogens with zero attached hydrogens (tertiary/aromatic N) is 4. The van der Waals surface area contributed by atoms with Crippen molar-refractivity contribution in [2.45, 2.75) is 13.8 Å². The number of hydrogen-bond donors (Lipinski definition) is 1. The molecule has 1 aromatic carbocycles. The first kappa shape index (κ1) is 20.4. The predicted octanol–water partition coefficient (Wildman–Crippen LogP) is 2.41. The Balaban J connectivity index is 1.60. The number of nitrogens with one attached hydrogen (secondary N) is 1. The SMILES string of the molecule is CCOC(=O)N1CCN(c2nccc(C(=O)Nc3ccc(OCC)cc3)n2)CC1. The van der Waals surface area contributed by atoms with Crippen LogP contribution in [0.25, 0.3) is 0 Å². The molecule has 1 fully saturated rings. The van der Waals surface area contributed by atoms with Crippen molar-refractivity contribution in [2.24, 2.45) is 0 Å². The van der Waals surface area contributed by atoms with Crippen LogP contribution in [0, 0.1) is 0 Å². The molecule has 0 unspecified atom stereocenters. The lowest BCUT2D eigenvalue weighted by Crippen LogP contribution is -2.49. The zero-order valence-electron chi connectivity index (χ0n) is 16.6. The number of benzene rings is 1.